The zero-order valence-electron chi connectivity index (χ0n) is 15.1. The van der Waals surface area contributed by atoms with E-state index in [1.807, 2.05) is 25.2 Å². The molecule has 0 spiro atoms. The highest BCUT2D eigenvalue weighted by molar-refractivity contribution is 14.0. The molecule has 0 saturated carbocycles. The van der Waals surface area contributed by atoms with Gasteiger partial charge in [0.1, 0.15) is 5.75 Å². The van der Waals surface area contributed by atoms with Crippen LogP contribution in [0.3, 0.4) is 0 Å². The average Bonchev–Trinajstić information content (AvgIpc) is 2.57. The van der Waals surface area contributed by atoms with Crippen LogP contribution in [0.1, 0.15) is 12.5 Å². The fraction of sp³-hybridized carbons (Fsp3) is 0.588. The maximum atomic E-state index is 5.44. The maximum Gasteiger partial charge on any atom is 0.194 e. The van der Waals surface area contributed by atoms with Gasteiger partial charge in [0.25, 0.3) is 0 Å². The van der Waals surface area contributed by atoms with Crippen molar-refractivity contribution in [3.8, 4) is 5.75 Å². The molecule has 138 valence electrons. The van der Waals surface area contributed by atoms with Gasteiger partial charge in [-0.25, -0.2) is 0 Å². The number of para-hydroxylation sites is 1. The van der Waals surface area contributed by atoms with E-state index in [9.17, 15) is 0 Å². The van der Waals surface area contributed by atoms with Gasteiger partial charge in [-0.1, -0.05) is 18.2 Å². The van der Waals surface area contributed by atoms with Crippen molar-refractivity contribution < 1.29 is 14.2 Å². The van der Waals surface area contributed by atoms with Crippen molar-refractivity contribution in [1.29, 1.82) is 0 Å². The summed E-state index contributed by atoms with van der Waals surface area (Å²) in [5.41, 5.74) is 1.12. The van der Waals surface area contributed by atoms with Crippen LogP contribution in [0, 0.1) is 0 Å². The number of rotatable bonds is 10. The first-order valence-electron chi connectivity index (χ1n) is 7.91. The molecule has 1 rings (SSSR count). The molecule has 0 atom stereocenters. The van der Waals surface area contributed by atoms with Crippen LogP contribution < -0.4 is 10.1 Å². The molecule has 7 heteroatoms. The van der Waals surface area contributed by atoms with Crippen LogP contribution in [0.2, 0.25) is 0 Å². The number of aliphatic imine (C=N–C) groups is 1. The third kappa shape index (κ3) is 8.70. The monoisotopic (exact) mass is 451 g/mol. The normalized spacial score (nSPS) is 10.9. The summed E-state index contributed by atoms with van der Waals surface area (Å²) in [5, 5.41) is 3.30. The van der Waals surface area contributed by atoms with Gasteiger partial charge in [0.05, 0.1) is 33.5 Å². The van der Waals surface area contributed by atoms with Crippen LogP contribution in [0.25, 0.3) is 0 Å². The minimum atomic E-state index is 0. The van der Waals surface area contributed by atoms with Gasteiger partial charge in [-0.15, -0.1) is 24.0 Å². The Morgan fingerprint density at radius 2 is 1.92 bits per heavy atom. The van der Waals surface area contributed by atoms with Gasteiger partial charge in [-0.2, -0.15) is 0 Å². The molecule has 0 aromatic heterocycles. The van der Waals surface area contributed by atoms with E-state index in [-0.39, 0.29) is 24.0 Å². The van der Waals surface area contributed by atoms with E-state index in [1.54, 1.807) is 14.2 Å². The topological polar surface area (TPSA) is 55.3 Å². The SMILES string of the molecule is CCNC(=NCCOCCOC)N(C)Cc1ccccc1OC.I. The van der Waals surface area contributed by atoms with Gasteiger partial charge in [0, 0.05) is 32.8 Å². The molecule has 0 aliphatic carbocycles. The molecule has 0 fully saturated rings. The summed E-state index contributed by atoms with van der Waals surface area (Å²) in [4.78, 5) is 6.67. The summed E-state index contributed by atoms with van der Waals surface area (Å²) in [6.07, 6.45) is 0. The number of methoxy groups -OCH3 is 2. The summed E-state index contributed by atoms with van der Waals surface area (Å²) in [6.45, 7) is 6.00. The lowest BCUT2D eigenvalue weighted by atomic mass is 10.2. The van der Waals surface area contributed by atoms with Crippen LogP contribution in [0.15, 0.2) is 29.3 Å². The molecule has 24 heavy (non-hydrogen) atoms. The highest BCUT2D eigenvalue weighted by atomic mass is 127. The van der Waals surface area contributed by atoms with E-state index in [2.05, 4.69) is 28.2 Å². The minimum Gasteiger partial charge on any atom is -0.496 e. The lowest BCUT2D eigenvalue weighted by Gasteiger charge is -2.23. The number of nitrogens with one attached hydrogen (secondary N) is 1. The van der Waals surface area contributed by atoms with E-state index >= 15 is 0 Å². The van der Waals surface area contributed by atoms with Crippen LogP contribution in [-0.2, 0) is 16.0 Å². The fourth-order valence-electron chi connectivity index (χ4n) is 2.09. The molecule has 0 aliphatic rings. The van der Waals surface area contributed by atoms with Crippen molar-refractivity contribution in [2.75, 3.05) is 54.2 Å². The Balaban J connectivity index is 0.00000529. The first kappa shape index (κ1) is 22.9. The second-order valence-corrected chi connectivity index (χ2v) is 5.01. The highest BCUT2D eigenvalue weighted by Crippen LogP contribution is 2.18. The molecule has 1 N–H and O–H groups in total. The Bertz CT molecular complexity index is 472. The van der Waals surface area contributed by atoms with Crippen molar-refractivity contribution in [1.82, 2.24) is 10.2 Å². The smallest absolute Gasteiger partial charge is 0.194 e. The predicted molar refractivity (Wildman–Crippen MR) is 109 cm³/mol. The zero-order valence-corrected chi connectivity index (χ0v) is 17.4. The number of ether oxygens (including phenoxy) is 3. The van der Waals surface area contributed by atoms with Crippen molar-refractivity contribution in [2.24, 2.45) is 4.99 Å². The summed E-state index contributed by atoms with van der Waals surface area (Å²) in [7, 11) is 5.37. The number of hydrogen-bond acceptors (Lipinski definition) is 4. The van der Waals surface area contributed by atoms with Gasteiger partial charge in [-0.05, 0) is 13.0 Å². The first-order valence-corrected chi connectivity index (χ1v) is 7.91. The molecule has 0 saturated heterocycles. The Morgan fingerprint density at radius 3 is 2.58 bits per heavy atom. The molecule has 0 radical (unpaired) electrons. The molecule has 0 aliphatic heterocycles. The van der Waals surface area contributed by atoms with Crippen LogP contribution in [0.5, 0.6) is 5.75 Å². The molecule has 0 bridgehead atoms. The third-order valence-corrected chi connectivity index (χ3v) is 3.23. The molecule has 1 aromatic carbocycles. The largest absolute Gasteiger partial charge is 0.496 e. The number of hydrogen-bond donors (Lipinski definition) is 1. The van der Waals surface area contributed by atoms with Crippen molar-refractivity contribution >= 4 is 29.9 Å². The lowest BCUT2D eigenvalue weighted by molar-refractivity contribution is 0.0747. The number of halogens is 1. The summed E-state index contributed by atoms with van der Waals surface area (Å²) in [6, 6.07) is 8.02. The highest BCUT2D eigenvalue weighted by Gasteiger charge is 2.09. The Kier molecular flexibility index (Phi) is 13.7. The summed E-state index contributed by atoms with van der Waals surface area (Å²) >= 11 is 0. The molecule has 1 aromatic rings. The quantitative estimate of drug-likeness (QED) is 0.256. The van der Waals surface area contributed by atoms with Crippen LogP contribution >= 0.6 is 24.0 Å². The van der Waals surface area contributed by atoms with Gasteiger partial charge >= 0.3 is 0 Å². The second kappa shape index (κ2) is 14.3. The second-order valence-electron chi connectivity index (χ2n) is 5.01. The van der Waals surface area contributed by atoms with Crippen molar-refractivity contribution in [3.63, 3.8) is 0 Å². The predicted octanol–water partition coefficient (Wildman–Crippen LogP) is 2.37. The van der Waals surface area contributed by atoms with Crippen molar-refractivity contribution in [3.05, 3.63) is 29.8 Å². The van der Waals surface area contributed by atoms with Crippen LogP contribution in [-0.4, -0.2) is 65.0 Å². The Morgan fingerprint density at radius 1 is 1.17 bits per heavy atom. The Hall–Kier alpha value is -1.06. The summed E-state index contributed by atoms with van der Waals surface area (Å²) in [5.74, 6) is 1.74. The molecular formula is C17H30IN3O3. The summed E-state index contributed by atoms with van der Waals surface area (Å²) < 4.78 is 15.8. The molecule has 0 unspecified atom stereocenters. The minimum absolute atomic E-state index is 0. The number of nitrogens with zero attached hydrogens (tertiary/aromatic N) is 2. The van der Waals surface area contributed by atoms with Gasteiger partial charge in [0.2, 0.25) is 0 Å². The Labute approximate surface area is 162 Å². The van der Waals surface area contributed by atoms with E-state index in [4.69, 9.17) is 14.2 Å². The molecule has 0 heterocycles. The van der Waals surface area contributed by atoms with E-state index < -0.39 is 0 Å². The van der Waals surface area contributed by atoms with Crippen molar-refractivity contribution in [2.45, 2.75) is 13.5 Å². The standard InChI is InChI=1S/C17H29N3O3.HI/c1-5-18-17(19-10-11-23-13-12-21-3)20(2)14-15-8-6-7-9-16(15)22-4;/h6-9H,5,10-14H2,1-4H3,(H,18,19);1H. The third-order valence-electron chi connectivity index (χ3n) is 3.23. The molecular weight excluding hydrogens is 421 g/mol. The first-order chi connectivity index (χ1) is 11.2. The maximum absolute atomic E-state index is 5.44. The van der Waals surface area contributed by atoms with E-state index in [0.717, 1.165) is 30.4 Å². The fourth-order valence-corrected chi connectivity index (χ4v) is 2.09. The lowest BCUT2D eigenvalue weighted by Crippen LogP contribution is -2.38. The number of guanidine groups is 1. The number of benzene rings is 1. The van der Waals surface area contributed by atoms with Gasteiger partial charge in [-0.3, -0.25) is 4.99 Å². The van der Waals surface area contributed by atoms with Gasteiger partial charge in [0.15, 0.2) is 5.96 Å². The van der Waals surface area contributed by atoms with Gasteiger partial charge < -0.3 is 24.4 Å². The average molecular weight is 451 g/mol. The zero-order chi connectivity index (χ0) is 16.9. The van der Waals surface area contributed by atoms with E-state index in [1.165, 1.54) is 0 Å². The molecule has 6 nitrogen and oxygen atoms in total. The van der Waals surface area contributed by atoms with Crippen LogP contribution in [0.4, 0.5) is 0 Å². The molecule has 0 amide bonds. The van der Waals surface area contributed by atoms with E-state index in [0.29, 0.717) is 26.4 Å².